The number of thiophene rings is 1. The van der Waals surface area contributed by atoms with Gasteiger partial charge in [0.05, 0.1) is 10.3 Å². The topological polar surface area (TPSA) is 57.6 Å². The minimum absolute atomic E-state index is 0.0174. The number of amides is 1. The van der Waals surface area contributed by atoms with Crippen LogP contribution in [0.4, 0.5) is 0 Å². The van der Waals surface area contributed by atoms with Gasteiger partial charge in [-0.15, -0.1) is 11.3 Å². The summed E-state index contributed by atoms with van der Waals surface area (Å²) in [6.45, 7) is 0.944. The lowest BCUT2D eigenvalue weighted by molar-refractivity contribution is -0.149. The molecule has 1 aliphatic carbocycles. The first-order chi connectivity index (χ1) is 10.6. The number of nitrogens with zero attached hydrogens (tertiary/aromatic N) is 1. The molecule has 2 aromatic rings. The summed E-state index contributed by atoms with van der Waals surface area (Å²) in [6.07, 6.45) is 2.58. The maximum Gasteiger partial charge on any atom is 0.311 e. The van der Waals surface area contributed by atoms with Gasteiger partial charge in [-0.25, -0.2) is 0 Å². The molecule has 0 radical (unpaired) electrons. The number of aliphatic carboxylic acids is 1. The van der Waals surface area contributed by atoms with Gasteiger partial charge < -0.3 is 10.0 Å². The van der Waals surface area contributed by atoms with Gasteiger partial charge >= 0.3 is 5.97 Å². The summed E-state index contributed by atoms with van der Waals surface area (Å²) in [7, 11) is 0. The number of hydrogen-bond donors (Lipinski definition) is 1. The molecule has 2 heterocycles. The van der Waals surface area contributed by atoms with E-state index in [1.807, 2.05) is 30.3 Å². The Morgan fingerprint density at radius 2 is 2.14 bits per heavy atom. The van der Waals surface area contributed by atoms with Crippen LogP contribution in [0.15, 0.2) is 30.3 Å². The number of hydrogen-bond acceptors (Lipinski definition) is 3. The van der Waals surface area contributed by atoms with Crippen molar-refractivity contribution < 1.29 is 14.7 Å². The van der Waals surface area contributed by atoms with Crippen molar-refractivity contribution in [1.29, 1.82) is 0 Å². The highest BCUT2D eigenvalue weighted by Gasteiger charge is 2.55. The molecule has 1 aliphatic heterocycles. The average Bonchev–Trinajstić information content (AvgIpc) is 3.17. The molecule has 22 heavy (non-hydrogen) atoms. The first kappa shape index (κ1) is 13.8. The second-order valence-corrected chi connectivity index (χ2v) is 7.47. The van der Waals surface area contributed by atoms with Crippen LogP contribution in [0.3, 0.4) is 0 Å². The predicted octanol–water partition coefficient (Wildman–Crippen LogP) is 3.23. The third-order valence-corrected chi connectivity index (χ3v) is 6.32. The average molecular weight is 315 g/mol. The minimum atomic E-state index is -0.735. The SMILES string of the molecule is O=C(c1cc2ccccc2s1)N1C[C@@H]2CCC[C@@]2(C(=O)O)C1. The molecule has 4 rings (SSSR count). The van der Waals surface area contributed by atoms with Gasteiger partial charge in [0, 0.05) is 17.8 Å². The Balaban J connectivity index is 1.63. The van der Waals surface area contributed by atoms with Crippen LogP contribution in [-0.4, -0.2) is 35.0 Å². The normalized spacial score (nSPS) is 27.3. The lowest BCUT2D eigenvalue weighted by Crippen LogP contribution is -2.37. The van der Waals surface area contributed by atoms with Gasteiger partial charge in [0.25, 0.3) is 5.91 Å². The first-order valence-corrected chi connectivity index (χ1v) is 8.43. The van der Waals surface area contributed by atoms with E-state index in [0.717, 1.165) is 22.9 Å². The molecule has 4 nitrogen and oxygen atoms in total. The van der Waals surface area contributed by atoms with Crippen molar-refractivity contribution in [3.8, 4) is 0 Å². The molecular weight excluding hydrogens is 298 g/mol. The van der Waals surface area contributed by atoms with Gasteiger partial charge in [-0.05, 0) is 36.3 Å². The van der Waals surface area contributed by atoms with Gasteiger partial charge in [0.15, 0.2) is 0 Å². The maximum atomic E-state index is 12.8. The zero-order chi connectivity index (χ0) is 15.3. The van der Waals surface area contributed by atoms with Crippen LogP contribution >= 0.6 is 11.3 Å². The van der Waals surface area contributed by atoms with Gasteiger partial charge in [-0.3, -0.25) is 9.59 Å². The van der Waals surface area contributed by atoms with Crippen molar-refractivity contribution in [3.63, 3.8) is 0 Å². The Labute approximate surface area is 132 Å². The van der Waals surface area contributed by atoms with Crippen molar-refractivity contribution in [3.05, 3.63) is 35.2 Å². The summed E-state index contributed by atoms with van der Waals surface area (Å²) < 4.78 is 1.10. The number of rotatable bonds is 2. The molecular formula is C17H17NO3S. The van der Waals surface area contributed by atoms with Crippen molar-refractivity contribution in [2.24, 2.45) is 11.3 Å². The molecule has 1 saturated carbocycles. The molecule has 2 fully saturated rings. The zero-order valence-corrected chi connectivity index (χ0v) is 12.9. The summed E-state index contributed by atoms with van der Waals surface area (Å²) in [5.74, 6) is -0.638. The van der Waals surface area contributed by atoms with Crippen LogP contribution in [0.25, 0.3) is 10.1 Å². The van der Waals surface area contributed by atoms with E-state index >= 15 is 0 Å². The largest absolute Gasteiger partial charge is 0.481 e. The van der Waals surface area contributed by atoms with Crippen LogP contribution in [-0.2, 0) is 4.79 Å². The highest BCUT2D eigenvalue weighted by Crippen LogP contribution is 2.49. The van der Waals surface area contributed by atoms with Crippen molar-refractivity contribution >= 4 is 33.3 Å². The van der Waals surface area contributed by atoms with Crippen LogP contribution in [0.1, 0.15) is 28.9 Å². The van der Waals surface area contributed by atoms with Crippen LogP contribution in [0, 0.1) is 11.3 Å². The number of carbonyl (C=O) groups excluding carboxylic acids is 1. The smallest absolute Gasteiger partial charge is 0.311 e. The van der Waals surface area contributed by atoms with E-state index in [1.54, 1.807) is 4.90 Å². The van der Waals surface area contributed by atoms with E-state index in [-0.39, 0.29) is 11.8 Å². The van der Waals surface area contributed by atoms with Gasteiger partial charge in [0.2, 0.25) is 0 Å². The van der Waals surface area contributed by atoms with E-state index < -0.39 is 11.4 Å². The van der Waals surface area contributed by atoms with Gasteiger partial charge in [0.1, 0.15) is 0 Å². The highest BCUT2D eigenvalue weighted by molar-refractivity contribution is 7.20. The Kier molecular flexibility index (Phi) is 3.01. The fourth-order valence-corrected chi connectivity index (χ4v) is 5.07. The van der Waals surface area contributed by atoms with E-state index in [1.165, 1.54) is 11.3 Å². The third-order valence-electron chi connectivity index (χ3n) is 5.22. The second-order valence-electron chi connectivity index (χ2n) is 6.38. The van der Waals surface area contributed by atoms with Crippen molar-refractivity contribution in [1.82, 2.24) is 4.90 Å². The number of carboxylic acids is 1. The number of benzene rings is 1. The predicted molar refractivity (Wildman–Crippen MR) is 85.1 cm³/mol. The molecule has 1 saturated heterocycles. The van der Waals surface area contributed by atoms with Crippen LogP contribution < -0.4 is 0 Å². The molecule has 1 amide bonds. The fraction of sp³-hybridized carbons (Fsp3) is 0.412. The summed E-state index contributed by atoms with van der Waals surface area (Å²) in [4.78, 5) is 26.9. The van der Waals surface area contributed by atoms with E-state index in [4.69, 9.17) is 0 Å². The van der Waals surface area contributed by atoms with Gasteiger partial charge in [-0.2, -0.15) is 0 Å². The maximum absolute atomic E-state index is 12.8. The molecule has 2 aliphatic rings. The summed E-state index contributed by atoms with van der Waals surface area (Å²) in [5, 5.41) is 10.7. The summed E-state index contributed by atoms with van der Waals surface area (Å²) in [6, 6.07) is 9.86. The zero-order valence-electron chi connectivity index (χ0n) is 12.1. The number of carboxylic acid groups (broad SMARTS) is 1. The third kappa shape index (κ3) is 1.88. The Hall–Kier alpha value is -1.88. The molecule has 0 unspecified atom stereocenters. The highest BCUT2D eigenvalue weighted by atomic mass is 32.1. The molecule has 0 bridgehead atoms. The van der Waals surface area contributed by atoms with Crippen LogP contribution in [0.5, 0.6) is 0 Å². The lowest BCUT2D eigenvalue weighted by Gasteiger charge is -2.23. The number of fused-ring (bicyclic) bond motifs is 2. The quantitative estimate of drug-likeness (QED) is 0.925. The van der Waals surface area contributed by atoms with Crippen molar-refractivity contribution in [2.45, 2.75) is 19.3 Å². The number of likely N-dealkylation sites (tertiary alicyclic amines) is 1. The summed E-state index contributed by atoms with van der Waals surface area (Å²) >= 11 is 1.49. The van der Waals surface area contributed by atoms with Crippen molar-refractivity contribution in [2.75, 3.05) is 13.1 Å². The molecule has 2 atom stereocenters. The Morgan fingerprint density at radius 1 is 1.32 bits per heavy atom. The van der Waals surface area contributed by atoms with Gasteiger partial charge in [-0.1, -0.05) is 24.6 Å². The van der Waals surface area contributed by atoms with E-state index in [9.17, 15) is 14.7 Å². The number of carbonyl (C=O) groups is 2. The molecule has 1 N–H and O–H groups in total. The Bertz CT molecular complexity index is 735. The Morgan fingerprint density at radius 3 is 2.86 bits per heavy atom. The molecule has 1 aromatic heterocycles. The lowest BCUT2D eigenvalue weighted by atomic mass is 9.81. The minimum Gasteiger partial charge on any atom is -0.481 e. The summed E-state index contributed by atoms with van der Waals surface area (Å²) in [5.41, 5.74) is -0.702. The van der Waals surface area contributed by atoms with E-state index in [0.29, 0.717) is 24.4 Å². The molecule has 5 heteroatoms. The fourth-order valence-electron chi connectivity index (χ4n) is 4.04. The monoisotopic (exact) mass is 315 g/mol. The second kappa shape index (κ2) is 4.81. The van der Waals surface area contributed by atoms with Crippen LogP contribution in [0.2, 0.25) is 0 Å². The molecule has 114 valence electrons. The standard InChI is InChI=1S/C17H17NO3S/c19-15(14-8-11-4-1-2-6-13(11)22-14)18-9-12-5-3-7-17(12,10-18)16(20)21/h1-2,4,6,8,12H,3,5,7,9-10H2,(H,20,21)/t12-,17+/m0/s1. The molecule has 1 aromatic carbocycles. The first-order valence-electron chi connectivity index (χ1n) is 7.61. The van der Waals surface area contributed by atoms with E-state index in [2.05, 4.69) is 0 Å². The molecule has 0 spiro atoms.